The molecule has 1 aromatic carbocycles. The maximum Gasteiger partial charge on any atom is 0.480 e. The van der Waals surface area contributed by atoms with Crippen LogP contribution in [0.1, 0.15) is 36.3 Å². The third kappa shape index (κ3) is 13.3. The van der Waals surface area contributed by atoms with Crippen molar-refractivity contribution in [1.82, 2.24) is 30.8 Å². The average molecular weight is 714 g/mol. The van der Waals surface area contributed by atoms with Crippen molar-refractivity contribution >= 4 is 40.2 Å². The molecular formula is C27H41BN6O12P2. The van der Waals surface area contributed by atoms with Crippen LogP contribution in [-0.4, -0.2) is 116 Å². The van der Waals surface area contributed by atoms with Gasteiger partial charge in [-0.05, 0) is 17.9 Å². The number of hydrogen-bond acceptors (Lipinski definition) is 11. The summed E-state index contributed by atoms with van der Waals surface area (Å²) in [6, 6.07) is 8.29. The Labute approximate surface area is 277 Å². The molecular weight excluding hydrogens is 673 g/mol. The third-order valence-electron chi connectivity index (χ3n) is 6.99. The molecule has 3 rings (SSSR count). The second-order valence-corrected chi connectivity index (χ2v) is 15.1. The minimum atomic E-state index is -5.36. The van der Waals surface area contributed by atoms with Crippen LogP contribution in [0.5, 0.6) is 0 Å². The van der Waals surface area contributed by atoms with Crippen molar-refractivity contribution < 1.29 is 57.1 Å². The fraction of sp³-hybridized carbons (Fsp3) is 0.519. The Morgan fingerprint density at radius 1 is 0.979 bits per heavy atom. The number of nitrogens with one attached hydrogen (secondary N) is 3. The molecule has 2 atom stereocenters. The van der Waals surface area contributed by atoms with Crippen LogP contribution in [0.4, 0.5) is 4.79 Å². The van der Waals surface area contributed by atoms with E-state index in [1.807, 2.05) is 49.1 Å². The fourth-order valence-corrected chi connectivity index (χ4v) is 6.84. The maximum atomic E-state index is 13.7. The van der Waals surface area contributed by atoms with Gasteiger partial charge in [-0.3, -0.25) is 33.9 Å². The van der Waals surface area contributed by atoms with E-state index in [-0.39, 0.29) is 44.4 Å². The smallest absolute Gasteiger partial charge is 0.448 e. The lowest BCUT2D eigenvalue weighted by atomic mass is 9.73. The highest BCUT2D eigenvalue weighted by Crippen LogP contribution is 2.58. The van der Waals surface area contributed by atoms with Crippen LogP contribution in [0.25, 0.3) is 0 Å². The van der Waals surface area contributed by atoms with Crippen molar-refractivity contribution in [2.45, 2.75) is 44.2 Å². The number of hydrogen-bond donors (Lipinski definition) is 7. The van der Waals surface area contributed by atoms with Crippen LogP contribution in [-0.2, 0) is 34.4 Å². The van der Waals surface area contributed by atoms with E-state index in [9.17, 15) is 23.5 Å². The van der Waals surface area contributed by atoms with E-state index in [4.69, 9.17) is 33.6 Å². The molecule has 0 radical (unpaired) electrons. The molecule has 0 bridgehead atoms. The summed E-state index contributed by atoms with van der Waals surface area (Å²) < 4.78 is 39.6. The molecule has 1 aliphatic rings. The van der Waals surface area contributed by atoms with Gasteiger partial charge in [0.25, 0.3) is 5.91 Å². The molecule has 18 nitrogen and oxygen atoms in total. The molecule has 1 unspecified atom stereocenters. The largest absolute Gasteiger partial charge is 0.480 e. The second kappa shape index (κ2) is 18.5. The number of aromatic nitrogens is 2. The van der Waals surface area contributed by atoms with Crippen LogP contribution in [0.2, 0.25) is 0 Å². The minimum Gasteiger partial charge on any atom is -0.448 e. The number of alkyl carbamates (subject to hydrolysis) is 1. The van der Waals surface area contributed by atoms with Gasteiger partial charge in [-0.25, -0.2) is 9.78 Å². The molecule has 1 fully saturated rings. The molecule has 48 heavy (non-hydrogen) atoms. The molecule has 264 valence electrons. The lowest BCUT2D eigenvalue weighted by Gasteiger charge is -2.32. The van der Waals surface area contributed by atoms with Crippen molar-refractivity contribution in [3.8, 4) is 0 Å². The summed E-state index contributed by atoms with van der Waals surface area (Å²) in [5.74, 6) is -1.42. The Morgan fingerprint density at radius 2 is 1.62 bits per heavy atom. The highest BCUT2D eigenvalue weighted by Gasteiger charge is 2.45. The zero-order valence-electron chi connectivity index (χ0n) is 26.5. The summed E-state index contributed by atoms with van der Waals surface area (Å²) in [5, 5.41) is 7.30. The molecule has 2 aromatic rings. The monoisotopic (exact) mass is 714 g/mol. The Kier molecular flexibility index (Phi) is 15.1. The molecule has 0 aliphatic carbocycles. The Balaban J connectivity index is 1.58. The summed E-state index contributed by atoms with van der Waals surface area (Å²) in [4.78, 5) is 84.9. The number of carbonyl (C=O) groups is 3. The Morgan fingerprint density at radius 3 is 2.19 bits per heavy atom. The third-order valence-corrected chi connectivity index (χ3v) is 10.3. The van der Waals surface area contributed by atoms with Crippen molar-refractivity contribution in [3.05, 3.63) is 60.2 Å². The highest BCUT2D eigenvalue weighted by molar-refractivity contribution is 7.70. The minimum absolute atomic E-state index is 0.0656. The lowest BCUT2D eigenvalue weighted by molar-refractivity contribution is -0.123. The van der Waals surface area contributed by atoms with Crippen LogP contribution in [0, 0.1) is 5.92 Å². The standard InChI is InChI=1S/C27H41BN6O12P2/c1-19(2)16-23(32-24(35)21(17-20-6-4-3-5-7-20)31-25(36)22-18-29-8-9-30-22)28-45-14-11-34(12-15-46-28)10-13-44-26(37)33-27(47(38,39)40)48(41,42)43/h3-9,18-19,21,23,27H,10-17H2,1-2H3,(H,31,36)(H,32,35)(H,33,37)(H2,38,39,40)(H2,41,42,43)/t21-,23?/m1/s1. The van der Waals surface area contributed by atoms with Crippen molar-refractivity contribution in [3.63, 3.8) is 0 Å². The summed E-state index contributed by atoms with van der Waals surface area (Å²) >= 11 is 0. The van der Waals surface area contributed by atoms with Gasteiger partial charge < -0.3 is 44.3 Å². The molecule has 1 saturated heterocycles. The Bertz CT molecular complexity index is 1400. The van der Waals surface area contributed by atoms with E-state index in [0.29, 0.717) is 19.5 Å². The molecule has 2 heterocycles. The van der Waals surface area contributed by atoms with Gasteiger partial charge in [0.15, 0.2) is 0 Å². The van der Waals surface area contributed by atoms with Gasteiger partial charge in [0.2, 0.25) is 11.4 Å². The Hall–Kier alpha value is -3.25. The van der Waals surface area contributed by atoms with Crippen molar-refractivity contribution in [1.29, 1.82) is 0 Å². The van der Waals surface area contributed by atoms with E-state index < -0.39 is 57.7 Å². The summed E-state index contributed by atoms with van der Waals surface area (Å²) in [6.07, 6.45) is 3.44. The first-order valence-electron chi connectivity index (χ1n) is 15.0. The maximum absolute atomic E-state index is 13.7. The quantitative estimate of drug-likeness (QED) is 0.0953. The van der Waals surface area contributed by atoms with Gasteiger partial charge in [-0.2, -0.15) is 0 Å². The van der Waals surface area contributed by atoms with Crippen LogP contribution < -0.4 is 16.0 Å². The van der Waals surface area contributed by atoms with E-state index in [1.165, 1.54) is 23.9 Å². The van der Waals surface area contributed by atoms with E-state index in [1.54, 1.807) is 0 Å². The first-order valence-corrected chi connectivity index (χ1v) is 18.4. The fourth-order valence-electron chi connectivity index (χ4n) is 4.73. The predicted octanol–water partition coefficient (Wildman–Crippen LogP) is 0.0900. The van der Waals surface area contributed by atoms with Crippen LogP contribution >= 0.6 is 15.2 Å². The number of carbonyl (C=O) groups excluding carboxylic acids is 3. The van der Waals surface area contributed by atoms with E-state index in [2.05, 4.69) is 20.6 Å². The van der Waals surface area contributed by atoms with Gasteiger partial charge in [0.05, 0.1) is 12.1 Å². The zero-order chi connectivity index (χ0) is 35.3. The summed E-state index contributed by atoms with van der Waals surface area (Å²) in [7, 11) is -11.5. The van der Waals surface area contributed by atoms with E-state index >= 15 is 0 Å². The number of rotatable bonds is 15. The van der Waals surface area contributed by atoms with E-state index in [0.717, 1.165) is 5.56 Å². The number of benzene rings is 1. The lowest BCUT2D eigenvalue weighted by Crippen LogP contribution is -2.57. The number of nitrogens with zero attached hydrogens (tertiary/aromatic N) is 3. The van der Waals surface area contributed by atoms with Gasteiger partial charge >= 0.3 is 28.4 Å². The number of ether oxygens (including phenoxy) is 1. The van der Waals surface area contributed by atoms with Gasteiger partial charge in [0, 0.05) is 51.7 Å². The molecule has 21 heteroatoms. The van der Waals surface area contributed by atoms with Crippen LogP contribution in [0.15, 0.2) is 48.9 Å². The zero-order valence-corrected chi connectivity index (χ0v) is 28.2. The molecule has 0 spiro atoms. The van der Waals surface area contributed by atoms with Gasteiger partial charge in [0.1, 0.15) is 18.3 Å². The molecule has 3 amide bonds. The SMILES string of the molecule is CC(C)CC(NC(=O)[C@@H](Cc1ccccc1)NC(=O)c1cnccn1)B1OCCN(CCOC(=O)NC(P(=O)(O)O)P(=O)(O)O)CCO1. The summed E-state index contributed by atoms with van der Waals surface area (Å²) in [5.41, 5.74) is -1.82. The molecule has 1 aliphatic heterocycles. The number of amides is 3. The average Bonchev–Trinajstić information content (AvgIpc) is 2.99. The first kappa shape index (κ1) is 39.2. The van der Waals surface area contributed by atoms with Gasteiger partial charge in [-0.15, -0.1) is 0 Å². The highest BCUT2D eigenvalue weighted by atomic mass is 31.2. The summed E-state index contributed by atoms with van der Waals surface area (Å²) in [6.45, 7) is 4.92. The molecule has 7 N–H and O–H groups in total. The second-order valence-electron chi connectivity index (χ2n) is 11.3. The topological polar surface area (TPSA) is 259 Å². The van der Waals surface area contributed by atoms with Crippen molar-refractivity contribution in [2.75, 3.05) is 39.5 Å². The predicted molar refractivity (Wildman–Crippen MR) is 171 cm³/mol. The molecule has 0 saturated carbocycles. The van der Waals surface area contributed by atoms with Crippen molar-refractivity contribution in [2.24, 2.45) is 5.92 Å². The molecule has 1 aromatic heterocycles. The van der Waals surface area contributed by atoms with Crippen LogP contribution in [0.3, 0.4) is 0 Å². The first-order chi connectivity index (χ1) is 22.6. The normalized spacial score (nSPS) is 16.0. The van der Waals surface area contributed by atoms with Gasteiger partial charge in [-0.1, -0.05) is 44.2 Å².